The molecule has 0 aliphatic carbocycles. The van der Waals surface area contributed by atoms with Gasteiger partial charge in [-0.3, -0.25) is 9.20 Å². The normalized spacial score (nSPS) is 13.1. The van der Waals surface area contributed by atoms with Crippen LogP contribution in [-0.4, -0.2) is 39.2 Å². The van der Waals surface area contributed by atoms with Crippen molar-refractivity contribution < 1.29 is 13.2 Å². The molecule has 0 aliphatic rings. The standard InChI is InChI=1S/C22H20N6O3S3/c1-11-5-4-6-15-12(2)9-18-26-27-22(28(18)19(11)15)32-13(3)20(29)25-21-24-16-8-7-14(34(23,30)31)10-17(16)33-21/h4-10,13H,1-3H3,(H2,23,30,31)(H,24,25,29). The Morgan fingerprint density at radius 1 is 1.15 bits per heavy atom. The third kappa shape index (κ3) is 4.02. The lowest BCUT2D eigenvalue weighted by molar-refractivity contribution is -0.115. The number of rotatable bonds is 5. The van der Waals surface area contributed by atoms with Crippen molar-refractivity contribution in [3.8, 4) is 0 Å². The van der Waals surface area contributed by atoms with Crippen LogP contribution >= 0.6 is 23.1 Å². The number of hydrogen-bond acceptors (Lipinski definition) is 8. The molecule has 0 aliphatic heterocycles. The molecule has 1 atom stereocenters. The number of hydrogen-bond donors (Lipinski definition) is 2. The first kappa shape index (κ1) is 22.7. The molecule has 0 saturated carbocycles. The minimum absolute atomic E-state index is 0.00175. The molecule has 1 unspecified atom stereocenters. The van der Waals surface area contributed by atoms with E-state index >= 15 is 0 Å². The predicted octanol–water partition coefficient (Wildman–Crippen LogP) is 3.88. The minimum atomic E-state index is -3.82. The molecule has 0 fully saturated rings. The number of benzene rings is 2. The number of carbonyl (C=O) groups is 1. The fourth-order valence-electron chi connectivity index (χ4n) is 3.76. The van der Waals surface area contributed by atoms with Gasteiger partial charge in [-0.2, -0.15) is 0 Å². The highest BCUT2D eigenvalue weighted by molar-refractivity contribution is 8.00. The third-order valence-electron chi connectivity index (χ3n) is 5.46. The largest absolute Gasteiger partial charge is 0.301 e. The van der Waals surface area contributed by atoms with Crippen molar-refractivity contribution in [2.24, 2.45) is 5.14 Å². The molecule has 5 aromatic rings. The lowest BCUT2D eigenvalue weighted by Crippen LogP contribution is -2.22. The van der Waals surface area contributed by atoms with Crippen molar-refractivity contribution in [2.75, 3.05) is 5.32 Å². The van der Waals surface area contributed by atoms with Gasteiger partial charge in [0, 0.05) is 5.39 Å². The van der Waals surface area contributed by atoms with E-state index in [1.54, 1.807) is 13.0 Å². The maximum absolute atomic E-state index is 12.9. The highest BCUT2D eigenvalue weighted by atomic mass is 32.2. The SMILES string of the molecule is Cc1cc2nnc(SC(C)C(=O)Nc3nc4ccc(S(N)(=O)=O)cc4s3)n2c2c(C)cccc12. The second-order valence-electron chi connectivity index (χ2n) is 7.92. The lowest BCUT2D eigenvalue weighted by atomic mass is 10.1. The summed E-state index contributed by atoms with van der Waals surface area (Å²) in [5, 5.41) is 18.3. The second kappa shape index (κ2) is 8.31. The number of carbonyl (C=O) groups excluding carboxylic acids is 1. The van der Waals surface area contributed by atoms with Gasteiger partial charge in [0.15, 0.2) is 15.9 Å². The summed E-state index contributed by atoms with van der Waals surface area (Å²) >= 11 is 2.49. The fraction of sp³-hybridized carbons (Fsp3) is 0.182. The first-order valence-electron chi connectivity index (χ1n) is 10.3. The van der Waals surface area contributed by atoms with Gasteiger partial charge in [0.1, 0.15) is 0 Å². The van der Waals surface area contributed by atoms with Crippen LogP contribution in [0.5, 0.6) is 0 Å². The first-order chi connectivity index (χ1) is 16.1. The molecule has 12 heteroatoms. The van der Waals surface area contributed by atoms with Gasteiger partial charge in [0.05, 0.1) is 25.9 Å². The number of sulfonamides is 1. The van der Waals surface area contributed by atoms with Gasteiger partial charge in [0.25, 0.3) is 0 Å². The van der Waals surface area contributed by atoms with E-state index in [1.165, 1.54) is 35.2 Å². The summed E-state index contributed by atoms with van der Waals surface area (Å²) in [7, 11) is -3.82. The molecule has 0 saturated heterocycles. The van der Waals surface area contributed by atoms with Gasteiger partial charge in [-0.1, -0.05) is 41.3 Å². The summed E-state index contributed by atoms with van der Waals surface area (Å²) in [6.07, 6.45) is 0. The number of amides is 1. The van der Waals surface area contributed by atoms with E-state index in [2.05, 4.69) is 26.6 Å². The Balaban J connectivity index is 1.42. The van der Waals surface area contributed by atoms with E-state index in [0.29, 0.717) is 20.5 Å². The minimum Gasteiger partial charge on any atom is -0.301 e. The average molecular weight is 513 g/mol. The van der Waals surface area contributed by atoms with Crippen molar-refractivity contribution in [3.63, 3.8) is 0 Å². The fourth-order valence-corrected chi connectivity index (χ4v) is 6.14. The second-order valence-corrected chi connectivity index (χ2v) is 11.8. The smallest absolute Gasteiger partial charge is 0.239 e. The molecule has 5 rings (SSSR count). The van der Waals surface area contributed by atoms with Gasteiger partial charge < -0.3 is 5.32 Å². The average Bonchev–Trinajstić information content (AvgIpc) is 3.36. The van der Waals surface area contributed by atoms with Crippen LogP contribution in [-0.2, 0) is 14.8 Å². The molecular weight excluding hydrogens is 492 g/mol. The van der Waals surface area contributed by atoms with Crippen LogP contribution < -0.4 is 10.5 Å². The lowest BCUT2D eigenvalue weighted by Gasteiger charge is -2.12. The van der Waals surface area contributed by atoms with Crippen LogP contribution in [0.1, 0.15) is 18.1 Å². The molecule has 3 aromatic heterocycles. The summed E-state index contributed by atoms with van der Waals surface area (Å²) in [5.74, 6) is -0.249. The number of anilines is 1. The first-order valence-corrected chi connectivity index (χ1v) is 13.5. The zero-order chi connectivity index (χ0) is 24.2. The molecule has 1 amide bonds. The number of thioether (sulfide) groups is 1. The Morgan fingerprint density at radius 2 is 1.94 bits per heavy atom. The highest BCUT2D eigenvalue weighted by Crippen LogP contribution is 2.31. The van der Waals surface area contributed by atoms with Crippen molar-refractivity contribution in [1.82, 2.24) is 19.6 Å². The van der Waals surface area contributed by atoms with E-state index < -0.39 is 15.3 Å². The molecule has 0 radical (unpaired) electrons. The number of pyridine rings is 1. The summed E-state index contributed by atoms with van der Waals surface area (Å²) < 4.78 is 25.8. The topological polar surface area (TPSA) is 132 Å². The number of nitrogens with two attached hydrogens (primary N) is 1. The van der Waals surface area contributed by atoms with Crippen LogP contribution in [0.2, 0.25) is 0 Å². The Morgan fingerprint density at radius 3 is 2.71 bits per heavy atom. The number of nitrogens with zero attached hydrogens (tertiary/aromatic N) is 4. The molecule has 2 aromatic carbocycles. The van der Waals surface area contributed by atoms with Gasteiger partial charge in [0.2, 0.25) is 15.9 Å². The number of aromatic nitrogens is 4. The van der Waals surface area contributed by atoms with Crippen LogP contribution in [0.4, 0.5) is 5.13 Å². The Hall–Kier alpha value is -3.06. The molecular formula is C22H20N6O3S3. The monoisotopic (exact) mass is 512 g/mol. The molecule has 9 nitrogen and oxygen atoms in total. The van der Waals surface area contributed by atoms with E-state index in [4.69, 9.17) is 5.14 Å². The van der Waals surface area contributed by atoms with Gasteiger partial charge in [-0.15, -0.1) is 10.2 Å². The third-order valence-corrected chi connectivity index (χ3v) is 8.35. The van der Waals surface area contributed by atoms with Crippen molar-refractivity contribution in [2.45, 2.75) is 36.1 Å². The zero-order valence-corrected chi connectivity index (χ0v) is 20.9. The van der Waals surface area contributed by atoms with E-state index in [1.807, 2.05) is 36.4 Å². The van der Waals surface area contributed by atoms with Gasteiger partial charge in [-0.05, 0) is 56.2 Å². The Labute approximate surface area is 203 Å². The molecule has 34 heavy (non-hydrogen) atoms. The molecule has 0 spiro atoms. The van der Waals surface area contributed by atoms with Crippen molar-refractivity contribution in [1.29, 1.82) is 0 Å². The van der Waals surface area contributed by atoms with Gasteiger partial charge >= 0.3 is 0 Å². The van der Waals surface area contributed by atoms with Crippen LogP contribution in [0, 0.1) is 13.8 Å². The number of primary sulfonamides is 1. The summed E-state index contributed by atoms with van der Waals surface area (Å²) in [6.45, 7) is 5.88. The zero-order valence-electron chi connectivity index (χ0n) is 18.4. The van der Waals surface area contributed by atoms with E-state index in [0.717, 1.165) is 27.7 Å². The molecule has 174 valence electrons. The summed E-state index contributed by atoms with van der Waals surface area (Å²) in [6, 6.07) is 12.5. The van der Waals surface area contributed by atoms with Crippen LogP contribution in [0.15, 0.2) is 52.5 Å². The predicted molar refractivity (Wildman–Crippen MR) is 135 cm³/mol. The van der Waals surface area contributed by atoms with Gasteiger partial charge in [-0.25, -0.2) is 18.5 Å². The number of nitrogens with one attached hydrogen (secondary N) is 1. The number of thiazole rings is 1. The number of para-hydroxylation sites is 1. The maximum Gasteiger partial charge on any atom is 0.239 e. The quantitative estimate of drug-likeness (QED) is 0.342. The Kier molecular flexibility index (Phi) is 5.55. The molecule has 0 bridgehead atoms. The summed E-state index contributed by atoms with van der Waals surface area (Å²) in [4.78, 5) is 17.3. The molecule has 3 N–H and O–H groups in total. The van der Waals surface area contributed by atoms with Crippen molar-refractivity contribution >= 4 is 70.9 Å². The summed E-state index contributed by atoms with van der Waals surface area (Å²) in [5.41, 5.74) is 4.54. The van der Waals surface area contributed by atoms with Crippen LogP contribution in [0.3, 0.4) is 0 Å². The van der Waals surface area contributed by atoms with Crippen LogP contribution in [0.25, 0.3) is 26.8 Å². The van der Waals surface area contributed by atoms with E-state index in [-0.39, 0.29) is 10.8 Å². The maximum atomic E-state index is 12.9. The highest BCUT2D eigenvalue weighted by Gasteiger charge is 2.21. The van der Waals surface area contributed by atoms with E-state index in [9.17, 15) is 13.2 Å². The van der Waals surface area contributed by atoms with Crippen molar-refractivity contribution in [3.05, 3.63) is 53.6 Å². The molecule has 3 heterocycles. The Bertz CT molecular complexity index is 1710. The number of fused-ring (bicyclic) bond motifs is 4. The number of aryl methyl sites for hydroxylation is 2.